The molecule has 1 aliphatic heterocycles. The molecule has 2 N–H and O–H groups in total. The number of morpholine rings is 1. The van der Waals surface area contributed by atoms with Gasteiger partial charge in [-0.3, -0.25) is 14.5 Å². The van der Waals surface area contributed by atoms with Crippen LogP contribution >= 0.6 is 0 Å². The smallest absolute Gasteiger partial charge is 0.255 e. The van der Waals surface area contributed by atoms with E-state index in [4.69, 9.17) is 9.47 Å². The average molecular weight is 431 g/mol. The average Bonchev–Trinajstić information content (AvgIpc) is 2.82. The van der Waals surface area contributed by atoms with Crippen LogP contribution in [0.3, 0.4) is 0 Å². The van der Waals surface area contributed by atoms with Gasteiger partial charge >= 0.3 is 0 Å². The van der Waals surface area contributed by atoms with Crippen molar-refractivity contribution in [1.82, 2.24) is 4.90 Å². The molecule has 1 fully saturated rings. The van der Waals surface area contributed by atoms with Crippen LogP contribution in [-0.2, 0) is 9.53 Å². The highest BCUT2D eigenvalue weighted by Crippen LogP contribution is 2.22. The first kappa shape index (κ1) is 21.5. The molecule has 4 rings (SSSR count). The summed E-state index contributed by atoms with van der Waals surface area (Å²) in [5.41, 5.74) is 1.80. The Morgan fingerprint density at radius 3 is 2.19 bits per heavy atom. The van der Waals surface area contributed by atoms with E-state index >= 15 is 0 Å². The van der Waals surface area contributed by atoms with Crippen molar-refractivity contribution < 1.29 is 19.1 Å². The Morgan fingerprint density at radius 2 is 1.47 bits per heavy atom. The molecular weight excluding hydrogens is 406 g/mol. The van der Waals surface area contributed by atoms with Gasteiger partial charge in [0.1, 0.15) is 11.5 Å². The molecule has 2 amide bonds. The maximum absolute atomic E-state index is 12.7. The van der Waals surface area contributed by atoms with Crippen LogP contribution in [0, 0.1) is 0 Å². The molecule has 0 bridgehead atoms. The number of amides is 2. The van der Waals surface area contributed by atoms with Gasteiger partial charge in [-0.15, -0.1) is 0 Å². The van der Waals surface area contributed by atoms with Crippen LogP contribution in [0.1, 0.15) is 10.4 Å². The molecule has 0 unspecified atom stereocenters. The van der Waals surface area contributed by atoms with Crippen molar-refractivity contribution in [2.75, 3.05) is 43.5 Å². The summed E-state index contributed by atoms with van der Waals surface area (Å²) in [6.45, 7) is 3.17. The zero-order chi connectivity index (χ0) is 22.2. The lowest BCUT2D eigenvalue weighted by Crippen LogP contribution is -2.41. The molecule has 0 aliphatic carbocycles. The van der Waals surface area contributed by atoms with E-state index in [0.717, 1.165) is 13.1 Å². The van der Waals surface area contributed by atoms with Crippen molar-refractivity contribution in [3.63, 3.8) is 0 Å². The number of nitrogens with zero attached hydrogens (tertiary/aromatic N) is 1. The van der Waals surface area contributed by atoms with Gasteiger partial charge in [-0.05, 0) is 54.6 Å². The number of carbonyl (C=O) groups is 2. The van der Waals surface area contributed by atoms with Gasteiger partial charge in [-0.25, -0.2) is 0 Å². The third-order valence-corrected chi connectivity index (χ3v) is 4.97. The lowest BCUT2D eigenvalue weighted by molar-refractivity contribution is -0.118. The Balaban J connectivity index is 1.31. The summed E-state index contributed by atoms with van der Waals surface area (Å²) in [6, 6.07) is 23.5. The van der Waals surface area contributed by atoms with Gasteiger partial charge in [0.05, 0.1) is 19.8 Å². The lowest BCUT2D eigenvalue weighted by atomic mass is 10.2. The van der Waals surface area contributed by atoms with Crippen LogP contribution in [0.2, 0.25) is 0 Å². The number of anilines is 2. The fourth-order valence-electron chi connectivity index (χ4n) is 3.33. The molecule has 1 heterocycles. The topological polar surface area (TPSA) is 79.9 Å². The van der Waals surface area contributed by atoms with Crippen molar-refractivity contribution in [2.45, 2.75) is 0 Å². The predicted molar refractivity (Wildman–Crippen MR) is 123 cm³/mol. The number of nitrogens with one attached hydrogen (secondary N) is 2. The van der Waals surface area contributed by atoms with Crippen LogP contribution in [0.5, 0.6) is 11.5 Å². The summed E-state index contributed by atoms with van der Waals surface area (Å²) in [5.74, 6) is 0.977. The third-order valence-electron chi connectivity index (χ3n) is 4.97. The normalized spacial score (nSPS) is 13.9. The van der Waals surface area contributed by atoms with E-state index in [2.05, 4.69) is 15.5 Å². The monoisotopic (exact) mass is 431 g/mol. The molecule has 0 saturated carbocycles. The Bertz CT molecular complexity index is 1050. The minimum Gasteiger partial charge on any atom is -0.457 e. The minimum absolute atomic E-state index is 0.0704. The van der Waals surface area contributed by atoms with Gasteiger partial charge in [0, 0.05) is 30.0 Å². The molecule has 3 aromatic carbocycles. The molecule has 3 aromatic rings. The maximum Gasteiger partial charge on any atom is 0.255 e. The number of hydrogen-bond acceptors (Lipinski definition) is 5. The van der Waals surface area contributed by atoms with Gasteiger partial charge in [-0.2, -0.15) is 0 Å². The van der Waals surface area contributed by atoms with Crippen LogP contribution in [0.25, 0.3) is 0 Å². The van der Waals surface area contributed by atoms with Crippen molar-refractivity contribution in [1.29, 1.82) is 0 Å². The molecular formula is C25H25N3O4. The fourth-order valence-corrected chi connectivity index (χ4v) is 3.33. The molecule has 0 spiro atoms. The SMILES string of the molecule is O=C(CN1CCOCC1)Nc1ccc(NC(=O)c2cccc(Oc3ccccc3)c2)cc1. The van der Waals surface area contributed by atoms with E-state index in [1.807, 2.05) is 30.3 Å². The van der Waals surface area contributed by atoms with Crippen molar-refractivity contribution in [2.24, 2.45) is 0 Å². The van der Waals surface area contributed by atoms with E-state index in [-0.39, 0.29) is 11.8 Å². The summed E-state index contributed by atoms with van der Waals surface area (Å²) in [7, 11) is 0. The molecule has 7 heteroatoms. The van der Waals surface area contributed by atoms with Gasteiger partial charge in [0.2, 0.25) is 5.91 Å². The first-order valence-electron chi connectivity index (χ1n) is 10.5. The number of para-hydroxylation sites is 1. The van der Waals surface area contributed by atoms with Crippen molar-refractivity contribution >= 4 is 23.2 Å². The molecule has 0 radical (unpaired) electrons. The standard InChI is InChI=1S/C25H25N3O4/c29-24(18-28-13-15-31-16-14-28)26-20-9-11-21(12-10-20)27-25(30)19-5-4-8-23(17-19)32-22-6-2-1-3-7-22/h1-12,17H,13-16,18H2,(H,26,29)(H,27,30). The first-order chi connectivity index (χ1) is 15.7. The zero-order valence-electron chi connectivity index (χ0n) is 17.6. The molecule has 1 saturated heterocycles. The second kappa shape index (κ2) is 10.6. The van der Waals surface area contributed by atoms with Gasteiger partial charge in [0.15, 0.2) is 0 Å². The highest BCUT2D eigenvalue weighted by molar-refractivity contribution is 6.04. The summed E-state index contributed by atoms with van der Waals surface area (Å²) < 4.78 is 11.1. The lowest BCUT2D eigenvalue weighted by Gasteiger charge is -2.25. The van der Waals surface area contributed by atoms with Gasteiger partial charge in [0.25, 0.3) is 5.91 Å². The highest BCUT2D eigenvalue weighted by atomic mass is 16.5. The summed E-state index contributed by atoms with van der Waals surface area (Å²) in [5, 5.41) is 5.75. The Kier molecular flexibility index (Phi) is 7.12. The van der Waals surface area contributed by atoms with Crippen LogP contribution < -0.4 is 15.4 Å². The highest BCUT2D eigenvalue weighted by Gasteiger charge is 2.14. The van der Waals surface area contributed by atoms with Crippen LogP contribution in [-0.4, -0.2) is 49.6 Å². The molecule has 7 nitrogen and oxygen atoms in total. The van der Waals surface area contributed by atoms with Crippen LogP contribution in [0.15, 0.2) is 78.9 Å². The number of hydrogen-bond donors (Lipinski definition) is 2. The fraction of sp³-hybridized carbons (Fsp3) is 0.200. The largest absolute Gasteiger partial charge is 0.457 e. The number of benzene rings is 3. The number of carbonyl (C=O) groups excluding carboxylic acids is 2. The number of ether oxygens (including phenoxy) is 2. The molecule has 164 valence electrons. The Labute approximate surface area is 187 Å². The van der Waals surface area contributed by atoms with E-state index < -0.39 is 0 Å². The van der Waals surface area contributed by atoms with Crippen LogP contribution in [0.4, 0.5) is 11.4 Å². The van der Waals surface area contributed by atoms with E-state index in [0.29, 0.717) is 48.2 Å². The zero-order valence-corrected chi connectivity index (χ0v) is 17.6. The quantitative estimate of drug-likeness (QED) is 0.591. The van der Waals surface area contributed by atoms with Crippen molar-refractivity contribution in [3.05, 3.63) is 84.4 Å². The minimum atomic E-state index is -0.243. The number of rotatable bonds is 7. The predicted octanol–water partition coefficient (Wildman–Crippen LogP) is 4.00. The van der Waals surface area contributed by atoms with E-state index in [1.165, 1.54) is 0 Å². The first-order valence-corrected chi connectivity index (χ1v) is 10.5. The summed E-state index contributed by atoms with van der Waals surface area (Å²) in [4.78, 5) is 26.9. The van der Waals surface area contributed by atoms with E-state index in [9.17, 15) is 9.59 Å². The third kappa shape index (κ3) is 6.16. The molecule has 0 atom stereocenters. The second-order valence-electron chi connectivity index (χ2n) is 7.41. The Morgan fingerprint density at radius 1 is 0.812 bits per heavy atom. The molecule has 32 heavy (non-hydrogen) atoms. The van der Waals surface area contributed by atoms with Crippen molar-refractivity contribution in [3.8, 4) is 11.5 Å². The maximum atomic E-state index is 12.7. The van der Waals surface area contributed by atoms with Gasteiger partial charge in [-0.1, -0.05) is 24.3 Å². The molecule has 0 aromatic heterocycles. The molecule has 1 aliphatic rings. The summed E-state index contributed by atoms with van der Waals surface area (Å²) >= 11 is 0. The Hall–Kier alpha value is -3.68. The van der Waals surface area contributed by atoms with E-state index in [1.54, 1.807) is 48.5 Å². The summed E-state index contributed by atoms with van der Waals surface area (Å²) in [6.07, 6.45) is 0. The second-order valence-corrected chi connectivity index (χ2v) is 7.41. The van der Waals surface area contributed by atoms with Gasteiger partial charge < -0.3 is 20.1 Å².